The minimum atomic E-state index is -0.215. The highest BCUT2D eigenvalue weighted by atomic mass is 16.5. The summed E-state index contributed by atoms with van der Waals surface area (Å²) in [6.07, 6.45) is 3.28. The number of nitrogens with zero attached hydrogens (tertiary/aromatic N) is 1. The maximum absolute atomic E-state index is 12.7. The molecule has 1 aromatic heterocycles. The summed E-state index contributed by atoms with van der Waals surface area (Å²) in [4.78, 5) is 12.7. The Morgan fingerprint density at radius 2 is 2.25 bits per heavy atom. The molecule has 0 bridgehead atoms. The Hall–Kier alpha value is -2.34. The van der Waals surface area contributed by atoms with Crippen LogP contribution < -0.4 is 15.4 Å². The van der Waals surface area contributed by atoms with Crippen LogP contribution in [0.4, 0.5) is 0 Å². The van der Waals surface area contributed by atoms with Gasteiger partial charge in [0.2, 0.25) is 5.91 Å². The number of H-pyrrole nitrogens is 1. The van der Waals surface area contributed by atoms with E-state index >= 15 is 0 Å². The van der Waals surface area contributed by atoms with E-state index in [9.17, 15) is 4.79 Å². The Morgan fingerprint density at radius 3 is 3.12 bits per heavy atom. The van der Waals surface area contributed by atoms with Crippen molar-refractivity contribution < 1.29 is 9.53 Å². The molecule has 6 heteroatoms. The molecule has 4 rings (SSSR count). The van der Waals surface area contributed by atoms with E-state index in [1.807, 2.05) is 6.20 Å². The van der Waals surface area contributed by atoms with Crippen molar-refractivity contribution in [3.8, 4) is 5.75 Å². The molecule has 2 atom stereocenters. The molecule has 2 aliphatic rings. The number of fused-ring (bicyclic) bond motifs is 2. The summed E-state index contributed by atoms with van der Waals surface area (Å²) in [5.41, 5.74) is 5.64. The molecule has 6 nitrogen and oxygen atoms in total. The van der Waals surface area contributed by atoms with E-state index in [4.69, 9.17) is 4.74 Å². The Balaban J connectivity index is 1.51. The first-order valence-electron chi connectivity index (χ1n) is 8.41. The van der Waals surface area contributed by atoms with Gasteiger partial charge in [0.1, 0.15) is 5.75 Å². The van der Waals surface area contributed by atoms with Gasteiger partial charge < -0.3 is 10.1 Å². The molecule has 1 amide bonds. The molecule has 126 valence electrons. The van der Waals surface area contributed by atoms with E-state index < -0.39 is 0 Å². The largest absolute Gasteiger partial charge is 0.493 e. The van der Waals surface area contributed by atoms with Crippen LogP contribution >= 0.6 is 0 Å². The number of benzene rings is 1. The van der Waals surface area contributed by atoms with Gasteiger partial charge in [-0.2, -0.15) is 5.10 Å². The lowest BCUT2D eigenvalue weighted by Gasteiger charge is -2.30. The van der Waals surface area contributed by atoms with Crippen molar-refractivity contribution >= 4 is 5.91 Å². The molecule has 0 fully saturated rings. The second kappa shape index (κ2) is 5.94. The molecule has 2 aliphatic heterocycles. The number of aryl methyl sites for hydroxylation is 1. The number of ether oxygens (including phenoxy) is 1. The van der Waals surface area contributed by atoms with Gasteiger partial charge in [-0.3, -0.25) is 15.2 Å². The van der Waals surface area contributed by atoms with Crippen LogP contribution in [0.3, 0.4) is 0 Å². The summed E-state index contributed by atoms with van der Waals surface area (Å²) < 4.78 is 5.85. The van der Waals surface area contributed by atoms with Crippen LogP contribution in [0.25, 0.3) is 0 Å². The number of carbonyl (C=O) groups is 1. The van der Waals surface area contributed by atoms with Crippen LogP contribution in [0.1, 0.15) is 40.4 Å². The van der Waals surface area contributed by atoms with Crippen molar-refractivity contribution in [3.63, 3.8) is 0 Å². The third-order valence-electron chi connectivity index (χ3n) is 5.13. The predicted molar refractivity (Wildman–Crippen MR) is 89.8 cm³/mol. The van der Waals surface area contributed by atoms with E-state index in [0.29, 0.717) is 19.6 Å². The van der Waals surface area contributed by atoms with Gasteiger partial charge in [0, 0.05) is 24.9 Å². The number of aromatic nitrogens is 2. The minimum absolute atomic E-state index is 0.00750. The lowest BCUT2D eigenvalue weighted by Crippen LogP contribution is -2.49. The van der Waals surface area contributed by atoms with Crippen LogP contribution in [0.5, 0.6) is 5.75 Å². The fourth-order valence-electron chi connectivity index (χ4n) is 3.50. The van der Waals surface area contributed by atoms with Crippen molar-refractivity contribution in [2.75, 3.05) is 6.61 Å². The van der Waals surface area contributed by atoms with Gasteiger partial charge in [0.25, 0.3) is 0 Å². The standard InChI is InChI=1S/C18H22N4O2/c1-10-3-4-13-14(5-6-24-17(13)11(10)2)21-18(23)15-7-12-8-20-22-16(12)9-19-15/h3-4,8,14-15,19H,5-7,9H2,1-2H3,(H,20,22)(H,21,23)/t14-,15?/m1/s1. The molecule has 0 aliphatic carbocycles. The summed E-state index contributed by atoms with van der Waals surface area (Å²) in [6.45, 7) is 5.43. The molecule has 1 unspecified atom stereocenters. The fourth-order valence-corrected chi connectivity index (χ4v) is 3.50. The van der Waals surface area contributed by atoms with E-state index in [-0.39, 0.29) is 18.0 Å². The zero-order valence-corrected chi connectivity index (χ0v) is 14.0. The summed E-state index contributed by atoms with van der Waals surface area (Å²) in [5, 5.41) is 13.5. The fraction of sp³-hybridized carbons (Fsp3) is 0.444. The average Bonchev–Trinajstić information content (AvgIpc) is 3.06. The summed E-state index contributed by atoms with van der Waals surface area (Å²) in [7, 11) is 0. The van der Waals surface area contributed by atoms with Crippen molar-refractivity contribution in [3.05, 3.63) is 46.3 Å². The van der Waals surface area contributed by atoms with E-state index in [2.05, 4.69) is 46.8 Å². The maximum atomic E-state index is 12.7. The van der Waals surface area contributed by atoms with Crippen LogP contribution in [-0.4, -0.2) is 28.8 Å². The molecule has 0 saturated heterocycles. The van der Waals surface area contributed by atoms with E-state index in [1.54, 1.807) is 0 Å². The van der Waals surface area contributed by atoms with Gasteiger partial charge in [-0.15, -0.1) is 0 Å². The molecular formula is C18H22N4O2. The topological polar surface area (TPSA) is 79.0 Å². The van der Waals surface area contributed by atoms with E-state index in [1.165, 1.54) is 5.56 Å². The second-order valence-corrected chi connectivity index (χ2v) is 6.64. The Bertz CT molecular complexity index is 783. The molecule has 3 heterocycles. The van der Waals surface area contributed by atoms with Crippen LogP contribution in [-0.2, 0) is 17.8 Å². The SMILES string of the molecule is Cc1ccc2c(c1C)OCC[C@H]2NC(=O)C1Cc2cn[nH]c2CN1. The molecule has 0 radical (unpaired) electrons. The smallest absolute Gasteiger partial charge is 0.237 e. The van der Waals surface area contributed by atoms with Crippen LogP contribution in [0.2, 0.25) is 0 Å². The van der Waals surface area contributed by atoms with Crippen LogP contribution in [0, 0.1) is 13.8 Å². The van der Waals surface area contributed by atoms with Gasteiger partial charge in [-0.25, -0.2) is 0 Å². The van der Waals surface area contributed by atoms with Gasteiger partial charge >= 0.3 is 0 Å². The van der Waals surface area contributed by atoms with E-state index in [0.717, 1.165) is 34.6 Å². The van der Waals surface area contributed by atoms with Crippen molar-refractivity contribution in [1.82, 2.24) is 20.8 Å². The third kappa shape index (κ3) is 2.57. The molecule has 0 spiro atoms. The monoisotopic (exact) mass is 326 g/mol. The predicted octanol–water partition coefficient (Wildman–Crippen LogP) is 1.68. The number of hydrogen-bond donors (Lipinski definition) is 3. The summed E-state index contributed by atoms with van der Waals surface area (Å²) in [6, 6.07) is 3.96. The highest BCUT2D eigenvalue weighted by molar-refractivity contribution is 5.83. The first-order valence-corrected chi connectivity index (χ1v) is 8.41. The summed E-state index contributed by atoms with van der Waals surface area (Å²) in [5.74, 6) is 0.971. The first-order chi connectivity index (χ1) is 11.6. The zero-order valence-electron chi connectivity index (χ0n) is 14.0. The highest BCUT2D eigenvalue weighted by Gasteiger charge is 2.30. The Kier molecular flexibility index (Phi) is 3.76. The summed E-state index contributed by atoms with van der Waals surface area (Å²) >= 11 is 0. The van der Waals surface area contributed by atoms with Crippen molar-refractivity contribution in [1.29, 1.82) is 0 Å². The van der Waals surface area contributed by atoms with Crippen LogP contribution in [0.15, 0.2) is 18.3 Å². The molecule has 2 aromatic rings. The lowest BCUT2D eigenvalue weighted by atomic mass is 9.94. The first kappa shape index (κ1) is 15.2. The Morgan fingerprint density at radius 1 is 1.38 bits per heavy atom. The number of hydrogen-bond acceptors (Lipinski definition) is 4. The van der Waals surface area contributed by atoms with Crippen molar-refractivity contribution in [2.45, 2.75) is 45.3 Å². The minimum Gasteiger partial charge on any atom is -0.493 e. The number of carbonyl (C=O) groups excluding carboxylic acids is 1. The average molecular weight is 326 g/mol. The number of amides is 1. The number of rotatable bonds is 2. The molecule has 0 saturated carbocycles. The molecular weight excluding hydrogens is 304 g/mol. The zero-order chi connectivity index (χ0) is 16.7. The molecule has 24 heavy (non-hydrogen) atoms. The molecule has 1 aromatic carbocycles. The molecule has 3 N–H and O–H groups in total. The van der Waals surface area contributed by atoms with Gasteiger partial charge in [-0.1, -0.05) is 12.1 Å². The second-order valence-electron chi connectivity index (χ2n) is 6.64. The third-order valence-corrected chi connectivity index (χ3v) is 5.13. The van der Waals surface area contributed by atoms with Crippen molar-refractivity contribution in [2.24, 2.45) is 0 Å². The quantitative estimate of drug-likeness (QED) is 0.784. The lowest BCUT2D eigenvalue weighted by molar-refractivity contribution is -0.124. The van der Waals surface area contributed by atoms with Gasteiger partial charge in [-0.05, 0) is 30.5 Å². The Labute approximate surface area is 141 Å². The normalized spacial score (nSPS) is 22.2. The number of aromatic amines is 1. The highest BCUT2D eigenvalue weighted by Crippen LogP contribution is 2.36. The maximum Gasteiger partial charge on any atom is 0.237 e. The number of nitrogens with one attached hydrogen (secondary N) is 3. The van der Waals surface area contributed by atoms with Gasteiger partial charge in [0.05, 0.1) is 30.6 Å². The van der Waals surface area contributed by atoms with Gasteiger partial charge in [0.15, 0.2) is 0 Å².